The summed E-state index contributed by atoms with van der Waals surface area (Å²) in [5.41, 5.74) is -0.669. The van der Waals surface area contributed by atoms with Crippen LogP contribution in [0.1, 0.15) is 30.6 Å². The Morgan fingerprint density at radius 1 is 1.33 bits per heavy atom. The number of halogens is 1. The molecule has 1 saturated heterocycles. The highest BCUT2D eigenvalue weighted by Gasteiger charge is 2.27. The van der Waals surface area contributed by atoms with Crippen LogP contribution in [0.4, 0.5) is 5.69 Å². The summed E-state index contributed by atoms with van der Waals surface area (Å²) in [7, 11) is 0. The molecule has 1 fully saturated rings. The zero-order chi connectivity index (χ0) is 17.9. The standard InChI is InChI=1S/C16H19ClN2O5/c1-10-5-11(2)8-18(7-10)15(20)9-24-16(21)13-6-12(17)3-4-14(13)19(22)23/h3-4,6,10-11H,5,7-9H2,1-2H3/t10-,11-/m0/s1. The van der Waals surface area contributed by atoms with Crippen LogP contribution < -0.4 is 0 Å². The first-order valence-corrected chi connectivity index (χ1v) is 8.04. The van der Waals surface area contributed by atoms with Gasteiger partial charge in [0.2, 0.25) is 0 Å². The number of nitro benzene ring substituents is 1. The first kappa shape index (κ1) is 18.2. The molecule has 1 aliphatic heterocycles. The van der Waals surface area contributed by atoms with Crippen molar-refractivity contribution in [1.82, 2.24) is 4.90 Å². The van der Waals surface area contributed by atoms with Gasteiger partial charge in [0.15, 0.2) is 6.61 Å². The second-order valence-corrected chi connectivity index (χ2v) is 6.68. The van der Waals surface area contributed by atoms with Crippen molar-refractivity contribution in [3.63, 3.8) is 0 Å². The third-order valence-corrected chi connectivity index (χ3v) is 4.16. The zero-order valence-corrected chi connectivity index (χ0v) is 14.3. The second kappa shape index (κ2) is 7.61. The summed E-state index contributed by atoms with van der Waals surface area (Å²) in [6.45, 7) is 4.94. The maximum absolute atomic E-state index is 12.2. The molecular weight excluding hydrogens is 336 g/mol. The molecule has 0 bridgehead atoms. The molecule has 1 heterocycles. The summed E-state index contributed by atoms with van der Waals surface area (Å²) < 4.78 is 4.97. The van der Waals surface area contributed by atoms with Crippen molar-refractivity contribution in [3.8, 4) is 0 Å². The lowest BCUT2D eigenvalue weighted by atomic mass is 9.92. The van der Waals surface area contributed by atoms with E-state index < -0.39 is 23.2 Å². The van der Waals surface area contributed by atoms with Gasteiger partial charge in [-0.2, -0.15) is 0 Å². The number of ether oxygens (including phenoxy) is 1. The van der Waals surface area contributed by atoms with E-state index in [0.29, 0.717) is 24.9 Å². The van der Waals surface area contributed by atoms with Gasteiger partial charge in [-0.15, -0.1) is 0 Å². The molecule has 1 aromatic rings. The number of piperidine rings is 1. The van der Waals surface area contributed by atoms with Crippen LogP contribution in [0.15, 0.2) is 18.2 Å². The first-order valence-electron chi connectivity index (χ1n) is 7.66. The lowest BCUT2D eigenvalue weighted by Crippen LogP contribution is -2.44. The number of carbonyl (C=O) groups is 2. The summed E-state index contributed by atoms with van der Waals surface area (Å²) in [6, 6.07) is 3.62. The summed E-state index contributed by atoms with van der Waals surface area (Å²) in [6.07, 6.45) is 1.05. The number of rotatable bonds is 4. The maximum atomic E-state index is 12.2. The topological polar surface area (TPSA) is 89.8 Å². The monoisotopic (exact) mass is 354 g/mol. The number of hydrogen-bond acceptors (Lipinski definition) is 5. The van der Waals surface area contributed by atoms with Crippen LogP contribution in [0, 0.1) is 22.0 Å². The average molecular weight is 355 g/mol. The second-order valence-electron chi connectivity index (χ2n) is 6.24. The minimum absolute atomic E-state index is 0.178. The molecule has 130 valence electrons. The Kier molecular flexibility index (Phi) is 5.77. The molecule has 0 unspecified atom stereocenters. The highest BCUT2D eigenvalue weighted by molar-refractivity contribution is 6.31. The number of benzene rings is 1. The van der Waals surface area contributed by atoms with Crippen molar-refractivity contribution in [3.05, 3.63) is 38.9 Å². The van der Waals surface area contributed by atoms with Gasteiger partial charge in [-0.25, -0.2) is 4.79 Å². The Morgan fingerprint density at radius 3 is 2.54 bits per heavy atom. The smallest absolute Gasteiger partial charge is 0.345 e. The number of hydrogen-bond donors (Lipinski definition) is 0. The molecule has 2 rings (SSSR count). The summed E-state index contributed by atoms with van der Waals surface area (Å²) in [5.74, 6) is -0.452. The predicted octanol–water partition coefficient (Wildman–Crippen LogP) is 2.91. The van der Waals surface area contributed by atoms with E-state index in [0.717, 1.165) is 18.6 Å². The van der Waals surface area contributed by atoms with Crippen LogP contribution in [-0.2, 0) is 9.53 Å². The Hall–Kier alpha value is -2.15. The van der Waals surface area contributed by atoms with Crippen molar-refractivity contribution in [2.24, 2.45) is 11.8 Å². The molecule has 1 aliphatic rings. The molecule has 1 aromatic carbocycles. The van der Waals surface area contributed by atoms with Gasteiger partial charge in [-0.1, -0.05) is 25.4 Å². The molecule has 0 radical (unpaired) electrons. The Balaban J connectivity index is 2.02. The van der Waals surface area contributed by atoms with E-state index in [-0.39, 0.29) is 16.5 Å². The van der Waals surface area contributed by atoms with E-state index in [1.54, 1.807) is 4.90 Å². The molecule has 8 heteroatoms. The van der Waals surface area contributed by atoms with Gasteiger partial charge < -0.3 is 9.64 Å². The predicted molar refractivity (Wildman–Crippen MR) is 87.9 cm³/mol. The Morgan fingerprint density at radius 2 is 1.96 bits per heavy atom. The number of esters is 1. The van der Waals surface area contributed by atoms with Gasteiger partial charge in [0, 0.05) is 24.2 Å². The molecule has 0 N–H and O–H groups in total. The molecule has 0 aliphatic carbocycles. The number of nitrogens with zero attached hydrogens (tertiary/aromatic N) is 2. The third-order valence-electron chi connectivity index (χ3n) is 3.92. The van der Waals surface area contributed by atoms with Crippen molar-refractivity contribution in [1.29, 1.82) is 0 Å². The van der Waals surface area contributed by atoms with E-state index in [4.69, 9.17) is 16.3 Å². The van der Waals surface area contributed by atoms with Crippen molar-refractivity contribution in [2.45, 2.75) is 20.3 Å². The number of likely N-dealkylation sites (tertiary alicyclic amines) is 1. The molecule has 0 saturated carbocycles. The van der Waals surface area contributed by atoms with Gasteiger partial charge >= 0.3 is 5.97 Å². The summed E-state index contributed by atoms with van der Waals surface area (Å²) in [5, 5.41) is 11.2. The van der Waals surface area contributed by atoms with Crippen LogP contribution >= 0.6 is 11.6 Å². The van der Waals surface area contributed by atoms with Crippen LogP contribution in [0.2, 0.25) is 5.02 Å². The van der Waals surface area contributed by atoms with Crippen LogP contribution in [-0.4, -0.2) is 41.4 Å². The van der Waals surface area contributed by atoms with Crippen LogP contribution in [0.3, 0.4) is 0 Å². The fourth-order valence-corrected chi connectivity index (χ4v) is 3.17. The van der Waals surface area contributed by atoms with Crippen molar-refractivity contribution >= 4 is 29.2 Å². The molecule has 0 spiro atoms. The number of carbonyl (C=O) groups excluding carboxylic acids is 2. The minimum Gasteiger partial charge on any atom is -0.452 e. The van der Waals surface area contributed by atoms with Gasteiger partial charge in [0.25, 0.3) is 11.6 Å². The van der Waals surface area contributed by atoms with Gasteiger partial charge in [-0.05, 0) is 30.4 Å². The van der Waals surface area contributed by atoms with Crippen LogP contribution in [0.25, 0.3) is 0 Å². The van der Waals surface area contributed by atoms with Gasteiger partial charge in [0.05, 0.1) is 4.92 Å². The highest BCUT2D eigenvalue weighted by atomic mass is 35.5. The molecular formula is C16H19ClN2O5. The maximum Gasteiger partial charge on any atom is 0.345 e. The normalized spacial score (nSPS) is 20.5. The quantitative estimate of drug-likeness (QED) is 0.471. The SMILES string of the molecule is C[C@H]1C[C@H](C)CN(C(=O)COC(=O)c2cc(Cl)ccc2[N+](=O)[O-])C1. The Labute approximate surface area is 144 Å². The average Bonchev–Trinajstić information content (AvgIpc) is 2.50. The number of amides is 1. The fraction of sp³-hybridized carbons (Fsp3) is 0.500. The van der Waals surface area contributed by atoms with Gasteiger partial charge in [-0.3, -0.25) is 14.9 Å². The van der Waals surface area contributed by atoms with E-state index in [1.165, 1.54) is 6.07 Å². The molecule has 1 amide bonds. The third kappa shape index (κ3) is 4.44. The lowest BCUT2D eigenvalue weighted by Gasteiger charge is -2.34. The summed E-state index contributed by atoms with van der Waals surface area (Å²) in [4.78, 5) is 36.2. The lowest BCUT2D eigenvalue weighted by molar-refractivity contribution is -0.385. The molecule has 7 nitrogen and oxygen atoms in total. The van der Waals surface area contributed by atoms with E-state index in [2.05, 4.69) is 13.8 Å². The van der Waals surface area contributed by atoms with Crippen molar-refractivity contribution < 1.29 is 19.2 Å². The summed E-state index contributed by atoms with van der Waals surface area (Å²) >= 11 is 5.78. The number of nitro groups is 1. The molecule has 0 aromatic heterocycles. The fourth-order valence-electron chi connectivity index (χ4n) is 2.99. The van der Waals surface area contributed by atoms with E-state index >= 15 is 0 Å². The Bertz CT molecular complexity index is 654. The highest BCUT2D eigenvalue weighted by Crippen LogP contribution is 2.24. The largest absolute Gasteiger partial charge is 0.452 e. The zero-order valence-electron chi connectivity index (χ0n) is 13.5. The van der Waals surface area contributed by atoms with Gasteiger partial charge in [0.1, 0.15) is 5.56 Å². The van der Waals surface area contributed by atoms with Crippen LogP contribution in [0.5, 0.6) is 0 Å². The minimum atomic E-state index is -0.935. The first-order chi connectivity index (χ1) is 11.3. The van der Waals surface area contributed by atoms with E-state index in [1.807, 2.05) is 0 Å². The van der Waals surface area contributed by atoms with Crippen molar-refractivity contribution in [2.75, 3.05) is 19.7 Å². The molecule has 2 atom stereocenters. The van der Waals surface area contributed by atoms with E-state index in [9.17, 15) is 19.7 Å². The molecule has 24 heavy (non-hydrogen) atoms.